The predicted octanol–water partition coefficient (Wildman–Crippen LogP) is 3.28. The fraction of sp³-hybridized carbons (Fsp3) is 0.750. The number of oxime groups is 1. The second kappa shape index (κ2) is 19.3. The summed E-state index contributed by atoms with van der Waals surface area (Å²) in [5, 5.41) is 28.4. The molecule has 13 atom stereocenters. The van der Waals surface area contributed by atoms with Crippen LogP contribution in [0.1, 0.15) is 96.1 Å². The number of amides is 2. The lowest BCUT2D eigenvalue weighted by Crippen LogP contribution is -2.60. The third-order valence-corrected chi connectivity index (χ3v) is 12.5. The van der Waals surface area contributed by atoms with Crippen LogP contribution in [0.5, 0.6) is 0 Å². The third kappa shape index (κ3) is 10.9. The molecule has 16 nitrogen and oxygen atoms in total. The van der Waals surface area contributed by atoms with Gasteiger partial charge in [0.25, 0.3) is 5.91 Å². The van der Waals surface area contributed by atoms with Gasteiger partial charge in [0.05, 0.1) is 42.0 Å². The van der Waals surface area contributed by atoms with Crippen LogP contribution in [-0.4, -0.2) is 131 Å². The first-order chi connectivity index (χ1) is 26.6. The molecule has 4 N–H and O–H groups in total. The summed E-state index contributed by atoms with van der Waals surface area (Å²) in [4.78, 5) is 65.9. The minimum Gasteiger partial charge on any atom is -0.459 e. The molecule has 57 heavy (non-hydrogen) atoms. The molecule has 4 rings (SSSR count). The van der Waals surface area contributed by atoms with Crippen molar-refractivity contribution in [1.82, 2.24) is 4.90 Å². The molecule has 0 aliphatic carbocycles. The minimum absolute atomic E-state index is 0.00608. The predicted molar refractivity (Wildman–Crippen MR) is 212 cm³/mol. The van der Waals surface area contributed by atoms with Crippen LogP contribution < -0.4 is 5.73 Å². The Balaban J connectivity index is 1.93. The number of aliphatic hydroxyl groups excluding tert-OH is 1. The van der Waals surface area contributed by atoms with E-state index >= 15 is 0 Å². The van der Waals surface area contributed by atoms with Crippen molar-refractivity contribution < 1.29 is 57.9 Å². The Morgan fingerprint density at radius 1 is 1.09 bits per heavy atom. The van der Waals surface area contributed by atoms with Gasteiger partial charge in [0.15, 0.2) is 18.7 Å². The van der Waals surface area contributed by atoms with E-state index in [-0.39, 0.29) is 50.5 Å². The highest BCUT2D eigenvalue weighted by Crippen LogP contribution is 2.40. The number of fused-ring (bicyclic) bond motifs is 5. The van der Waals surface area contributed by atoms with E-state index in [0.29, 0.717) is 21.9 Å². The smallest absolute Gasteiger partial charge is 0.316 e. The van der Waals surface area contributed by atoms with Crippen molar-refractivity contribution in [2.75, 3.05) is 27.3 Å². The molecule has 3 aliphatic heterocycles. The number of rotatable bonds is 8. The second-order valence-electron chi connectivity index (χ2n) is 16.4. The molecular formula is C40H62N4O12S. The molecule has 2 amide bonds. The molecule has 3 fully saturated rings. The minimum atomic E-state index is -1.87. The van der Waals surface area contributed by atoms with Gasteiger partial charge in [-0.15, -0.1) is 11.3 Å². The molecule has 2 bridgehead atoms. The number of likely N-dealkylation sites (N-methyl/N-ethyl adjacent to an activating group) is 1. The van der Waals surface area contributed by atoms with Gasteiger partial charge in [0.2, 0.25) is 5.91 Å². The number of aliphatic hydroxyl groups is 2. The lowest BCUT2D eigenvalue weighted by atomic mass is 9.73. The van der Waals surface area contributed by atoms with E-state index in [2.05, 4.69) is 10.1 Å². The van der Waals surface area contributed by atoms with Crippen molar-refractivity contribution in [3.8, 4) is 0 Å². The van der Waals surface area contributed by atoms with Crippen molar-refractivity contribution in [2.45, 2.75) is 142 Å². The van der Waals surface area contributed by atoms with Crippen LogP contribution in [0, 0.1) is 23.7 Å². The average Bonchev–Trinajstić information content (AvgIpc) is 3.61. The van der Waals surface area contributed by atoms with Crippen LogP contribution in [0.4, 0.5) is 0 Å². The number of nitrogens with zero attached hydrogens (tertiary/aromatic N) is 3. The molecule has 0 saturated carbocycles. The summed E-state index contributed by atoms with van der Waals surface area (Å²) in [6.45, 7) is 14.5. The summed E-state index contributed by atoms with van der Waals surface area (Å²) < 4.78 is 32.2. The number of nitrogens with two attached hydrogens (primary N) is 1. The molecule has 3 saturated heterocycles. The highest BCUT2D eigenvalue weighted by Gasteiger charge is 2.53. The molecule has 3 aliphatic rings. The Morgan fingerprint density at radius 2 is 1.77 bits per heavy atom. The lowest BCUT2D eigenvalue weighted by molar-refractivity contribution is -0.296. The number of aliphatic imine (C=N–C) groups is 1. The maximum absolute atomic E-state index is 14.4. The van der Waals surface area contributed by atoms with Crippen LogP contribution in [-0.2, 0) is 49.5 Å². The number of primary amides is 1. The van der Waals surface area contributed by atoms with E-state index in [1.165, 1.54) is 32.1 Å². The number of thiophene rings is 1. The quantitative estimate of drug-likeness (QED) is 0.195. The van der Waals surface area contributed by atoms with Gasteiger partial charge in [-0.05, 0) is 79.1 Å². The van der Waals surface area contributed by atoms with Gasteiger partial charge < -0.3 is 49.4 Å². The lowest BCUT2D eigenvalue weighted by Gasteiger charge is -2.47. The highest BCUT2D eigenvalue weighted by atomic mass is 32.1. The Hall–Kier alpha value is -3.16. The maximum atomic E-state index is 14.4. The normalized spacial score (nSPS) is 38.9. The number of esters is 1. The molecule has 0 spiro atoms. The number of hydrogen-bond donors (Lipinski definition) is 3. The first-order valence-corrected chi connectivity index (χ1v) is 20.5. The summed E-state index contributed by atoms with van der Waals surface area (Å²) in [6.07, 6.45) is -5.26. The van der Waals surface area contributed by atoms with Crippen LogP contribution in [0.2, 0.25) is 0 Å². The number of Topliss-reactive ketones (excluding diaryl/α,β-unsaturated/α-hetero) is 1. The number of ether oxygens (including phenoxy) is 5. The van der Waals surface area contributed by atoms with Gasteiger partial charge in [-0.2, -0.15) is 0 Å². The topological polar surface area (TPSA) is 218 Å². The fourth-order valence-corrected chi connectivity index (χ4v) is 9.15. The Labute approximate surface area is 339 Å². The Kier molecular flexibility index (Phi) is 15.7. The Morgan fingerprint density at radius 3 is 2.37 bits per heavy atom. The summed E-state index contributed by atoms with van der Waals surface area (Å²) in [5.41, 5.74) is 2.79. The monoisotopic (exact) mass is 822 g/mol. The SMILES string of the molecule is CC[C@H]1OC(=O)[C@H](C)C(=O)[C@H](C)[C@@H](O[C@@H]2O[C@H](C)C[C@H](N(C)C)[C@H]2O)[C@@]2(C)C[C@@H](C)C(=NC(C)=O)[C@H](C)[C@@H](OC/C(=N\OCc3ccc(C(N)=O)s3)CO2)[C@]1(C)O. The van der Waals surface area contributed by atoms with Gasteiger partial charge in [-0.3, -0.25) is 19.2 Å². The zero-order chi connectivity index (χ0) is 42.6. The van der Waals surface area contributed by atoms with Crippen LogP contribution in [0.15, 0.2) is 22.3 Å². The first kappa shape index (κ1) is 46.5. The summed E-state index contributed by atoms with van der Waals surface area (Å²) in [7, 11) is 3.71. The molecule has 0 radical (unpaired) electrons. The summed E-state index contributed by atoms with van der Waals surface area (Å²) in [6, 6.07) is 2.97. The summed E-state index contributed by atoms with van der Waals surface area (Å²) >= 11 is 1.17. The van der Waals surface area contributed by atoms with E-state index in [4.69, 9.17) is 34.3 Å². The van der Waals surface area contributed by atoms with Gasteiger partial charge >= 0.3 is 5.97 Å². The molecule has 17 heteroatoms. The molecule has 1 aromatic rings. The van der Waals surface area contributed by atoms with Crippen molar-refractivity contribution in [1.29, 1.82) is 0 Å². The zero-order valence-electron chi connectivity index (χ0n) is 35.1. The van der Waals surface area contributed by atoms with E-state index in [0.717, 1.165) is 0 Å². The van der Waals surface area contributed by atoms with Crippen LogP contribution in [0.25, 0.3) is 0 Å². The van der Waals surface area contributed by atoms with Crippen molar-refractivity contribution >= 4 is 46.3 Å². The number of ketones is 1. The number of cyclic esters (lactones) is 1. The zero-order valence-corrected chi connectivity index (χ0v) is 35.9. The molecule has 0 unspecified atom stereocenters. The molecule has 1 aromatic heterocycles. The first-order valence-electron chi connectivity index (χ1n) is 19.6. The van der Waals surface area contributed by atoms with Crippen LogP contribution in [0.3, 0.4) is 0 Å². The van der Waals surface area contributed by atoms with Gasteiger partial charge in [-0.1, -0.05) is 32.9 Å². The van der Waals surface area contributed by atoms with Gasteiger partial charge in [0.1, 0.15) is 29.4 Å². The number of carbonyl (C=O) groups excluding carboxylic acids is 4. The van der Waals surface area contributed by atoms with E-state index in [1.54, 1.807) is 39.8 Å². The number of hydrogen-bond acceptors (Lipinski definition) is 15. The standard InChI is InChI=1S/C40H62N4O12S/c1-12-30-40(9,50)35-22(4)31(42-25(7)45)20(2)16-39(8,52-18-26(17-51-35)43-53-19-27-13-14-29(57-27)36(41)48)34(23(5)32(46)24(6)37(49)55-30)56-38-33(47)28(44(10)11)15-21(3)54-38/h13-14,20-24,28,30,33-35,38,47,50H,12,15-19H2,1-11H3,(H2,41,48)/b42-31?,43-26+/t20-,21-,22+,23+,24-,28+,30-,33-,34-,35-,38+,39-,40-/m1/s1. The Bertz CT molecular complexity index is 1660. The largest absolute Gasteiger partial charge is 0.459 e. The molecule has 4 heterocycles. The second-order valence-corrected chi connectivity index (χ2v) is 17.6. The van der Waals surface area contributed by atoms with Crippen molar-refractivity contribution in [3.05, 3.63) is 21.9 Å². The third-order valence-electron chi connectivity index (χ3n) is 11.4. The van der Waals surface area contributed by atoms with Gasteiger partial charge in [0, 0.05) is 35.4 Å². The molecular weight excluding hydrogens is 761 g/mol. The van der Waals surface area contributed by atoms with Crippen molar-refractivity contribution in [3.63, 3.8) is 0 Å². The van der Waals surface area contributed by atoms with E-state index in [9.17, 15) is 29.4 Å². The van der Waals surface area contributed by atoms with E-state index < -0.39 is 89.1 Å². The summed E-state index contributed by atoms with van der Waals surface area (Å²) in [5.74, 6) is -6.00. The van der Waals surface area contributed by atoms with Crippen LogP contribution >= 0.6 is 11.3 Å². The fourth-order valence-electron chi connectivity index (χ4n) is 8.38. The molecule has 320 valence electrons. The van der Waals surface area contributed by atoms with E-state index in [1.807, 2.05) is 32.8 Å². The maximum Gasteiger partial charge on any atom is 0.316 e. The number of carbonyl (C=O) groups is 4. The average molecular weight is 823 g/mol. The van der Waals surface area contributed by atoms with Crippen molar-refractivity contribution in [2.24, 2.45) is 39.6 Å². The highest BCUT2D eigenvalue weighted by molar-refractivity contribution is 7.14. The van der Waals surface area contributed by atoms with Gasteiger partial charge in [-0.25, -0.2) is 4.99 Å². The molecule has 0 aromatic carbocycles.